The van der Waals surface area contributed by atoms with Crippen molar-refractivity contribution >= 4 is 11.9 Å². The highest BCUT2D eigenvalue weighted by Gasteiger charge is 2.43. The zero-order chi connectivity index (χ0) is 12.8. The highest BCUT2D eigenvalue weighted by molar-refractivity contribution is 5.78. The molecule has 16 heavy (non-hydrogen) atoms. The van der Waals surface area contributed by atoms with Crippen molar-refractivity contribution in [1.29, 1.82) is 0 Å². The fraction of sp³-hybridized carbons (Fsp3) is 0.714. The first-order chi connectivity index (χ1) is 7.29. The van der Waals surface area contributed by atoms with Gasteiger partial charge in [-0.2, -0.15) is 13.2 Å². The molecule has 0 aromatic rings. The molecule has 0 aromatic heterocycles. The molecule has 0 aliphatic heterocycles. The second kappa shape index (κ2) is 6.28. The molecule has 0 bridgehead atoms. The molecule has 9 heteroatoms. The van der Waals surface area contributed by atoms with Crippen LogP contribution in [0.1, 0.15) is 12.8 Å². The van der Waals surface area contributed by atoms with Crippen LogP contribution in [-0.4, -0.2) is 30.7 Å². The number of halogens is 3. The maximum atomic E-state index is 11.6. The van der Waals surface area contributed by atoms with E-state index in [1.807, 2.05) is 0 Å². The van der Waals surface area contributed by atoms with Crippen LogP contribution in [0.25, 0.3) is 0 Å². The Morgan fingerprint density at radius 1 is 1.25 bits per heavy atom. The monoisotopic (exact) mass is 244 g/mol. The molecule has 6 nitrogen and oxygen atoms in total. The lowest BCUT2D eigenvalue weighted by Crippen LogP contribution is -2.35. The number of hydrogen-bond donors (Lipinski definition) is 2. The minimum atomic E-state index is -5.22. The van der Waals surface area contributed by atoms with Crippen LogP contribution >= 0.6 is 0 Å². The van der Waals surface area contributed by atoms with Gasteiger partial charge in [0, 0.05) is 0 Å². The largest absolute Gasteiger partial charge is 0.495 e. The van der Waals surface area contributed by atoms with Crippen molar-refractivity contribution in [3.63, 3.8) is 0 Å². The number of nitrogens with two attached hydrogens (primary N) is 2. The maximum Gasteiger partial charge on any atom is 0.495 e. The second-order valence-corrected chi connectivity index (χ2v) is 2.81. The molecule has 0 aliphatic carbocycles. The fourth-order valence-electron chi connectivity index (χ4n) is 0.644. The zero-order valence-corrected chi connectivity index (χ0v) is 8.12. The smallest absolute Gasteiger partial charge is 0.330 e. The molecule has 0 spiro atoms. The summed E-state index contributed by atoms with van der Waals surface area (Å²) < 4.78 is 34.8. The summed E-state index contributed by atoms with van der Waals surface area (Å²) in [4.78, 5) is 27.8. The van der Waals surface area contributed by atoms with Gasteiger partial charge in [-0.1, -0.05) is 0 Å². The van der Waals surface area contributed by atoms with E-state index in [-0.39, 0.29) is 13.0 Å². The van der Waals surface area contributed by atoms with Gasteiger partial charge >= 0.3 is 18.1 Å². The zero-order valence-electron chi connectivity index (χ0n) is 8.12. The fourth-order valence-corrected chi connectivity index (χ4v) is 0.644. The van der Waals surface area contributed by atoms with E-state index < -0.39 is 24.2 Å². The lowest BCUT2D eigenvalue weighted by molar-refractivity contribution is -0.286. The van der Waals surface area contributed by atoms with Gasteiger partial charge in [0.1, 0.15) is 6.04 Å². The number of hydrogen-bond acceptors (Lipinski definition) is 6. The van der Waals surface area contributed by atoms with E-state index in [9.17, 15) is 22.8 Å². The number of rotatable bonds is 4. The van der Waals surface area contributed by atoms with Gasteiger partial charge in [-0.3, -0.25) is 0 Å². The molecule has 0 rings (SSSR count). The van der Waals surface area contributed by atoms with Gasteiger partial charge in [-0.25, -0.2) is 19.4 Å². The quantitative estimate of drug-likeness (QED) is 0.515. The van der Waals surface area contributed by atoms with E-state index in [0.717, 1.165) is 0 Å². The Bertz CT molecular complexity index is 257. The third-order valence-electron chi connectivity index (χ3n) is 1.45. The Balaban J connectivity index is 3.94. The first-order valence-corrected chi connectivity index (χ1v) is 4.24. The molecule has 1 unspecified atom stereocenters. The number of carbonyl (C=O) groups is 2. The Kier molecular flexibility index (Phi) is 5.75. The first-order valence-electron chi connectivity index (χ1n) is 4.24. The average Bonchev–Trinajstić information content (AvgIpc) is 2.20. The van der Waals surface area contributed by atoms with Crippen LogP contribution < -0.4 is 11.5 Å². The van der Waals surface area contributed by atoms with Gasteiger partial charge in [0.05, 0.1) is 0 Å². The van der Waals surface area contributed by atoms with Gasteiger partial charge in [-0.15, -0.1) is 0 Å². The molecule has 0 aliphatic rings. The molecule has 0 aromatic carbocycles. The van der Waals surface area contributed by atoms with Crippen LogP contribution in [0, 0.1) is 0 Å². The highest BCUT2D eigenvalue weighted by atomic mass is 19.4. The van der Waals surface area contributed by atoms with E-state index in [2.05, 4.69) is 9.78 Å². The third kappa shape index (κ3) is 5.51. The summed E-state index contributed by atoms with van der Waals surface area (Å²) in [5.74, 6) is -3.88. The van der Waals surface area contributed by atoms with Crippen LogP contribution in [0.4, 0.5) is 13.2 Å². The van der Waals surface area contributed by atoms with Crippen molar-refractivity contribution in [2.24, 2.45) is 11.5 Å². The van der Waals surface area contributed by atoms with Gasteiger partial charge in [0.15, 0.2) is 0 Å². The van der Waals surface area contributed by atoms with Crippen LogP contribution in [0.15, 0.2) is 0 Å². The normalized spacial score (nSPS) is 13.1. The van der Waals surface area contributed by atoms with Crippen molar-refractivity contribution in [2.75, 3.05) is 6.54 Å². The van der Waals surface area contributed by atoms with Crippen LogP contribution in [-0.2, 0) is 19.4 Å². The Hall–Kier alpha value is -1.35. The average molecular weight is 244 g/mol. The molecular formula is C7H11F3N2O4. The topological polar surface area (TPSA) is 105 Å². The minimum Gasteiger partial charge on any atom is -0.330 e. The predicted octanol–water partition coefficient (Wildman–Crippen LogP) is -0.384. The SMILES string of the molecule is NCCCC(N)C(=O)OOC(=O)C(F)(F)F. The number of alkyl halides is 3. The molecule has 0 saturated heterocycles. The van der Waals surface area contributed by atoms with Crippen molar-refractivity contribution in [3.8, 4) is 0 Å². The molecule has 0 radical (unpaired) electrons. The van der Waals surface area contributed by atoms with Gasteiger partial charge in [0.2, 0.25) is 0 Å². The Labute approximate surface area is 88.6 Å². The summed E-state index contributed by atoms with van der Waals surface area (Å²) >= 11 is 0. The van der Waals surface area contributed by atoms with Crippen molar-refractivity contribution < 1.29 is 32.5 Å². The van der Waals surface area contributed by atoms with E-state index in [1.54, 1.807) is 0 Å². The molecule has 0 fully saturated rings. The Morgan fingerprint density at radius 2 is 1.81 bits per heavy atom. The van der Waals surface area contributed by atoms with Gasteiger partial charge in [-0.05, 0) is 19.4 Å². The summed E-state index contributed by atoms with van der Waals surface area (Å²) in [6, 6.07) is -1.18. The molecule has 0 heterocycles. The Morgan fingerprint density at radius 3 is 2.25 bits per heavy atom. The summed E-state index contributed by atoms with van der Waals surface area (Å²) in [6.45, 7) is 0.267. The summed E-state index contributed by atoms with van der Waals surface area (Å²) in [6.07, 6.45) is -4.70. The summed E-state index contributed by atoms with van der Waals surface area (Å²) in [7, 11) is 0. The van der Waals surface area contributed by atoms with Crippen molar-refractivity contribution in [1.82, 2.24) is 0 Å². The van der Waals surface area contributed by atoms with Crippen LogP contribution in [0.2, 0.25) is 0 Å². The summed E-state index contributed by atoms with van der Waals surface area (Å²) in [5.41, 5.74) is 10.3. The second-order valence-electron chi connectivity index (χ2n) is 2.81. The van der Waals surface area contributed by atoms with Crippen molar-refractivity contribution in [3.05, 3.63) is 0 Å². The van der Waals surface area contributed by atoms with Crippen LogP contribution in [0.3, 0.4) is 0 Å². The summed E-state index contributed by atoms with van der Waals surface area (Å²) in [5, 5.41) is 0. The molecule has 1 atom stereocenters. The van der Waals surface area contributed by atoms with E-state index in [4.69, 9.17) is 11.5 Å². The van der Waals surface area contributed by atoms with Gasteiger partial charge < -0.3 is 11.5 Å². The highest BCUT2D eigenvalue weighted by Crippen LogP contribution is 2.16. The van der Waals surface area contributed by atoms with Crippen molar-refractivity contribution in [2.45, 2.75) is 25.1 Å². The molecule has 0 amide bonds. The number of carbonyl (C=O) groups excluding carboxylic acids is 2. The predicted molar refractivity (Wildman–Crippen MR) is 44.5 cm³/mol. The maximum absolute atomic E-state index is 11.6. The lowest BCUT2D eigenvalue weighted by Gasteiger charge is -2.09. The molecule has 4 N–H and O–H groups in total. The van der Waals surface area contributed by atoms with E-state index in [1.165, 1.54) is 0 Å². The molecule has 94 valence electrons. The molecular weight excluding hydrogens is 233 g/mol. The first kappa shape index (κ1) is 14.6. The van der Waals surface area contributed by atoms with Gasteiger partial charge in [0.25, 0.3) is 0 Å². The molecule has 0 saturated carbocycles. The van der Waals surface area contributed by atoms with E-state index in [0.29, 0.717) is 6.42 Å². The standard InChI is InChI=1S/C7H11F3N2O4/c8-7(9,10)6(14)16-15-5(13)4(12)2-1-3-11/h4H,1-3,11-12H2. The minimum absolute atomic E-state index is 0.124. The lowest BCUT2D eigenvalue weighted by atomic mass is 10.2. The van der Waals surface area contributed by atoms with E-state index >= 15 is 0 Å². The third-order valence-corrected chi connectivity index (χ3v) is 1.45. The van der Waals surface area contributed by atoms with Crippen LogP contribution in [0.5, 0.6) is 0 Å².